The summed E-state index contributed by atoms with van der Waals surface area (Å²) in [6, 6.07) is 21.7. The molecule has 0 aliphatic carbocycles. The minimum Gasteiger partial charge on any atom is -0.497 e. The minimum atomic E-state index is -0.860. The molecule has 0 bridgehead atoms. The molecule has 0 aliphatic heterocycles. The summed E-state index contributed by atoms with van der Waals surface area (Å²) >= 11 is 0. The number of rotatable bonds is 9. The minimum absolute atomic E-state index is 0.231. The number of carbonyl (C=O) groups is 3. The van der Waals surface area contributed by atoms with E-state index in [0.717, 1.165) is 11.1 Å². The Morgan fingerprint density at radius 3 is 2.24 bits per heavy atom. The van der Waals surface area contributed by atoms with Crippen molar-refractivity contribution in [3.8, 4) is 5.75 Å². The Morgan fingerprint density at radius 1 is 0.941 bits per heavy atom. The summed E-state index contributed by atoms with van der Waals surface area (Å²) in [6.07, 6.45) is 3.31. The van der Waals surface area contributed by atoms with Crippen LogP contribution in [0.1, 0.15) is 21.5 Å². The van der Waals surface area contributed by atoms with Gasteiger partial charge in [0.1, 0.15) is 11.8 Å². The Hall–Kier alpha value is -4.43. The van der Waals surface area contributed by atoms with E-state index in [1.54, 1.807) is 30.8 Å². The second kappa shape index (κ2) is 12.0. The van der Waals surface area contributed by atoms with Crippen molar-refractivity contribution < 1.29 is 24.3 Å². The molecule has 174 valence electrons. The fourth-order valence-electron chi connectivity index (χ4n) is 3.16. The van der Waals surface area contributed by atoms with E-state index in [-0.39, 0.29) is 12.0 Å². The van der Waals surface area contributed by atoms with Gasteiger partial charge in [0, 0.05) is 23.7 Å². The van der Waals surface area contributed by atoms with Crippen LogP contribution in [-0.4, -0.2) is 36.1 Å². The van der Waals surface area contributed by atoms with E-state index in [1.807, 2.05) is 42.5 Å². The fraction of sp³-hybridized carbons (Fsp3) is 0.115. The lowest BCUT2D eigenvalue weighted by molar-refractivity contribution is -0.123. The number of benzene rings is 3. The zero-order valence-electron chi connectivity index (χ0n) is 18.5. The molecule has 0 aromatic heterocycles. The van der Waals surface area contributed by atoms with Gasteiger partial charge in [-0.1, -0.05) is 42.5 Å². The van der Waals surface area contributed by atoms with E-state index in [1.165, 1.54) is 30.3 Å². The van der Waals surface area contributed by atoms with Gasteiger partial charge in [-0.2, -0.15) is 0 Å². The molecule has 8 nitrogen and oxygen atoms in total. The molecule has 0 spiro atoms. The Labute approximate surface area is 197 Å². The lowest BCUT2D eigenvalue weighted by atomic mass is 10.0. The van der Waals surface area contributed by atoms with Crippen molar-refractivity contribution in [2.45, 2.75) is 12.5 Å². The molecule has 3 amide bonds. The highest BCUT2D eigenvalue weighted by Crippen LogP contribution is 2.15. The van der Waals surface area contributed by atoms with Crippen molar-refractivity contribution in [3.63, 3.8) is 0 Å². The van der Waals surface area contributed by atoms with Crippen LogP contribution in [0.25, 0.3) is 6.08 Å². The summed E-state index contributed by atoms with van der Waals surface area (Å²) in [6.45, 7) is 0. The normalized spacial score (nSPS) is 11.5. The third kappa shape index (κ3) is 7.04. The van der Waals surface area contributed by atoms with Crippen LogP contribution in [0.4, 0.5) is 5.69 Å². The lowest BCUT2D eigenvalue weighted by Crippen LogP contribution is -2.44. The van der Waals surface area contributed by atoms with Gasteiger partial charge in [0.05, 0.1) is 7.11 Å². The van der Waals surface area contributed by atoms with Crippen LogP contribution in [0.2, 0.25) is 0 Å². The van der Waals surface area contributed by atoms with E-state index >= 15 is 0 Å². The summed E-state index contributed by atoms with van der Waals surface area (Å²) < 4.78 is 5.17. The number of hydrogen-bond acceptors (Lipinski definition) is 5. The molecular formula is C26H25N3O5. The Balaban J connectivity index is 1.73. The maximum absolute atomic E-state index is 13.0. The summed E-state index contributed by atoms with van der Waals surface area (Å²) in [4.78, 5) is 37.1. The van der Waals surface area contributed by atoms with Crippen molar-refractivity contribution in [3.05, 3.63) is 102 Å². The van der Waals surface area contributed by atoms with Crippen LogP contribution in [0.3, 0.4) is 0 Å². The molecule has 8 heteroatoms. The van der Waals surface area contributed by atoms with Gasteiger partial charge in [-0.05, 0) is 53.6 Å². The molecule has 0 saturated heterocycles. The highest BCUT2D eigenvalue weighted by molar-refractivity contribution is 6.00. The zero-order chi connectivity index (χ0) is 24.3. The van der Waals surface area contributed by atoms with E-state index in [4.69, 9.17) is 9.94 Å². The number of anilines is 1. The number of amides is 3. The second-order valence-electron chi connectivity index (χ2n) is 7.36. The van der Waals surface area contributed by atoms with E-state index in [9.17, 15) is 14.4 Å². The van der Waals surface area contributed by atoms with E-state index in [0.29, 0.717) is 11.4 Å². The first-order chi connectivity index (χ1) is 16.5. The third-order valence-electron chi connectivity index (χ3n) is 4.97. The number of nitrogens with one attached hydrogen (secondary N) is 3. The molecule has 0 aliphatic rings. The average Bonchev–Trinajstić information content (AvgIpc) is 2.88. The van der Waals surface area contributed by atoms with Gasteiger partial charge < -0.3 is 15.4 Å². The maximum Gasteiger partial charge on any atom is 0.274 e. The molecule has 4 N–H and O–H groups in total. The zero-order valence-corrected chi connectivity index (χ0v) is 18.5. The first-order valence-corrected chi connectivity index (χ1v) is 10.5. The molecule has 34 heavy (non-hydrogen) atoms. The summed E-state index contributed by atoms with van der Waals surface area (Å²) in [7, 11) is 1.57. The van der Waals surface area contributed by atoms with Crippen LogP contribution < -0.4 is 20.9 Å². The molecule has 3 aromatic carbocycles. The quantitative estimate of drug-likeness (QED) is 0.223. The molecule has 3 aromatic rings. The number of methoxy groups -OCH3 is 1. The Morgan fingerprint density at radius 2 is 1.62 bits per heavy atom. The highest BCUT2D eigenvalue weighted by Gasteiger charge is 2.21. The lowest BCUT2D eigenvalue weighted by Gasteiger charge is -2.18. The number of ether oxygens (including phenoxy) is 1. The summed E-state index contributed by atoms with van der Waals surface area (Å²) in [5, 5.41) is 14.2. The van der Waals surface area contributed by atoms with Crippen LogP contribution in [0.15, 0.2) is 84.9 Å². The number of hydrogen-bond donors (Lipinski definition) is 4. The fourth-order valence-corrected chi connectivity index (χ4v) is 3.16. The van der Waals surface area contributed by atoms with Gasteiger partial charge >= 0.3 is 0 Å². The maximum atomic E-state index is 13.0. The van der Waals surface area contributed by atoms with Crippen LogP contribution in [0.5, 0.6) is 5.75 Å². The van der Waals surface area contributed by atoms with Crippen molar-refractivity contribution in [1.82, 2.24) is 10.8 Å². The topological polar surface area (TPSA) is 117 Å². The summed E-state index contributed by atoms with van der Waals surface area (Å²) in [5.41, 5.74) is 3.92. The average molecular weight is 460 g/mol. The van der Waals surface area contributed by atoms with Gasteiger partial charge in [-0.25, -0.2) is 5.48 Å². The number of carbonyl (C=O) groups excluding carboxylic acids is 3. The smallest absolute Gasteiger partial charge is 0.274 e. The SMILES string of the molecule is COc1ccc(C[C@H](NC(=O)/C=C/c2ccccc2)C(=O)Nc2ccc(C(=O)NO)cc2)cc1. The van der Waals surface area contributed by atoms with Crippen LogP contribution in [0, 0.1) is 0 Å². The van der Waals surface area contributed by atoms with E-state index < -0.39 is 23.8 Å². The molecule has 3 rings (SSSR count). The molecule has 0 fully saturated rings. The van der Waals surface area contributed by atoms with Crippen LogP contribution >= 0.6 is 0 Å². The van der Waals surface area contributed by atoms with Gasteiger partial charge in [-0.15, -0.1) is 0 Å². The van der Waals surface area contributed by atoms with Crippen LogP contribution in [-0.2, 0) is 16.0 Å². The molecule has 0 saturated carbocycles. The molecular weight excluding hydrogens is 434 g/mol. The standard InChI is InChI=1S/C26H25N3O5/c1-34-22-14-7-19(8-15-22)17-23(28-24(30)16-9-18-5-3-2-4-6-18)26(32)27-21-12-10-20(11-13-21)25(31)29-33/h2-16,23,33H,17H2,1H3,(H,27,32)(H,28,30)(H,29,31)/b16-9+/t23-/m0/s1. The molecule has 0 radical (unpaired) electrons. The van der Waals surface area contributed by atoms with Gasteiger partial charge in [-0.3, -0.25) is 19.6 Å². The predicted molar refractivity (Wildman–Crippen MR) is 128 cm³/mol. The first-order valence-electron chi connectivity index (χ1n) is 10.5. The summed E-state index contributed by atoms with van der Waals surface area (Å²) in [5.74, 6) is -0.802. The van der Waals surface area contributed by atoms with Gasteiger partial charge in [0.2, 0.25) is 11.8 Å². The van der Waals surface area contributed by atoms with E-state index in [2.05, 4.69) is 10.6 Å². The molecule has 0 unspecified atom stereocenters. The van der Waals surface area contributed by atoms with Gasteiger partial charge in [0.15, 0.2) is 0 Å². The monoisotopic (exact) mass is 459 g/mol. The predicted octanol–water partition coefficient (Wildman–Crippen LogP) is 3.19. The third-order valence-corrected chi connectivity index (χ3v) is 4.97. The first kappa shape index (κ1) is 24.2. The largest absolute Gasteiger partial charge is 0.497 e. The number of hydroxylamine groups is 1. The van der Waals surface area contributed by atoms with Crippen molar-refractivity contribution in [2.75, 3.05) is 12.4 Å². The van der Waals surface area contributed by atoms with Crippen molar-refractivity contribution in [1.29, 1.82) is 0 Å². The Bertz CT molecular complexity index is 1140. The highest BCUT2D eigenvalue weighted by atomic mass is 16.5. The van der Waals surface area contributed by atoms with Crippen molar-refractivity contribution >= 4 is 29.5 Å². The molecule has 1 atom stereocenters. The van der Waals surface area contributed by atoms with Gasteiger partial charge in [0.25, 0.3) is 5.91 Å². The Kier molecular flexibility index (Phi) is 8.54. The second-order valence-corrected chi connectivity index (χ2v) is 7.36. The molecule has 0 heterocycles. The van der Waals surface area contributed by atoms with Crippen molar-refractivity contribution in [2.24, 2.45) is 0 Å².